The first-order valence-electron chi connectivity index (χ1n) is 9.41. The standard InChI is InChI=1S/C20H21N3O6S/c1-20(2)27-10-12(29-20)9-26-15-5-11(24-3)6-16-13(15)7-17(28-16)14-8-23-18(21-14)30-19(22-23)25-4/h5-8,12H,9-10H2,1-4H3. The van der Waals surface area contributed by atoms with Crippen molar-refractivity contribution in [1.82, 2.24) is 14.6 Å². The van der Waals surface area contributed by atoms with E-state index in [4.69, 9.17) is 28.1 Å². The fraction of sp³-hybridized carbons (Fsp3) is 0.400. The molecule has 1 saturated heterocycles. The summed E-state index contributed by atoms with van der Waals surface area (Å²) in [4.78, 5) is 5.30. The van der Waals surface area contributed by atoms with Crippen LogP contribution in [0.3, 0.4) is 0 Å². The van der Waals surface area contributed by atoms with E-state index in [-0.39, 0.29) is 6.10 Å². The van der Waals surface area contributed by atoms with Crippen LogP contribution in [0.4, 0.5) is 0 Å². The lowest BCUT2D eigenvalue weighted by Crippen LogP contribution is -2.25. The van der Waals surface area contributed by atoms with E-state index in [1.165, 1.54) is 11.3 Å². The fourth-order valence-corrected chi connectivity index (χ4v) is 4.06. The highest BCUT2D eigenvalue weighted by Gasteiger charge is 2.33. The van der Waals surface area contributed by atoms with Crippen molar-refractivity contribution in [3.63, 3.8) is 0 Å². The Bertz CT molecular complexity index is 1180. The van der Waals surface area contributed by atoms with Crippen molar-refractivity contribution in [3.8, 4) is 28.1 Å². The molecule has 3 aromatic heterocycles. The third-order valence-electron chi connectivity index (χ3n) is 4.75. The lowest BCUT2D eigenvalue weighted by Gasteiger charge is -2.17. The van der Waals surface area contributed by atoms with Crippen molar-refractivity contribution in [2.45, 2.75) is 25.7 Å². The molecular formula is C20H21N3O6S. The van der Waals surface area contributed by atoms with Crippen LogP contribution in [-0.2, 0) is 9.47 Å². The summed E-state index contributed by atoms with van der Waals surface area (Å²) in [6, 6.07) is 5.56. The highest BCUT2D eigenvalue weighted by Crippen LogP contribution is 2.37. The molecule has 5 rings (SSSR count). The molecule has 158 valence electrons. The zero-order valence-electron chi connectivity index (χ0n) is 17.0. The SMILES string of the molecule is COc1cc(OCC2COC(C)(C)O2)c2cc(-c3cn4nc(OC)sc4n3)oc2c1. The minimum absolute atomic E-state index is 0.145. The number of hydrogen-bond donors (Lipinski definition) is 0. The fourth-order valence-electron chi connectivity index (χ4n) is 3.36. The predicted molar refractivity (Wildman–Crippen MR) is 110 cm³/mol. The Labute approximate surface area is 176 Å². The summed E-state index contributed by atoms with van der Waals surface area (Å²) in [5, 5.41) is 5.68. The molecule has 0 saturated carbocycles. The average molecular weight is 431 g/mol. The first-order valence-corrected chi connectivity index (χ1v) is 10.2. The number of methoxy groups -OCH3 is 2. The minimum atomic E-state index is -0.592. The number of benzene rings is 1. The summed E-state index contributed by atoms with van der Waals surface area (Å²) >= 11 is 1.36. The molecule has 0 bridgehead atoms. The van der Waals surface area contributed by atoms with Crippen LogP contribution in [0.2, 0.25) is 0 Å². The van der Waals surface area contributed by atoms with Gasteiger partial charge < -0.3 is 28.1 Å². The van der Waals surface area contributed by atoms with Gasteiger partial charge in [0.25, 0.3) is 5.19 Å². The molecule has 4 heterocycles. The van der Waals surface area contributed by atoms with Gasteiger partial charge in [-0.25, -0.2) is 9.50 Å². The number of rotatable bonds is 6. The first kappa shape index (κ1) is 19.2. The van der Waals surface area contributed by atoms with Crippen molar-refractivity contribution in [1.29, 1.82) is 0 Å². The van der Waals surface area contributed by atoms with Gasteiger partial charge in [-0.2, -0.15) is 0 Å². The van der Waals surface area contributed by atoms with Crippen molar-refractivity contribution in [2.24, 2.45) is 0 Å². The van der Waals surface area contributed by atoms with E-state index in [2.05, 4.69) is 10.1 Å². The van der Waals surface area contributed by atoms with E-state index in [0.717, 1.165) is 10.3 Å². The third-order valence-corrected chi connectivity index (χ3v) is 5.64. The number of nitrogens with zero attached hydrogens (tertiary/aromatic N) is 3. The van der Waals surface area contributed by atoms with Crippen molar-refractivity contribution in [3.05, 3.63) is 24.4 Å². The summed E-state index contributed by atoms with van der Waals surface area (Å²) < 4.78 is 35.8. The maximum atomic E-state index is 6.07. The van der Waals surface area contributed by atoms with Crippen molar-refractivity contribution < 1.29 is 28.1 Å². The molecule has 1 aromatic carbocycles. The van der Waals surface area contributed by atoms with Gasteiger partial charge in [0, 0.05) is 12.1 Å². The van der Waals surface area contributed by atoms with Gasteiger partial charge in [-0.1, -0.05) is 0 Å². The van der Waals surface area contributed by atoms with Crippen molar-refractivity contribution >= 4 is 27.3 Å². The maximum absolute atomic E-state index is 6.07. The predicted octanol–water partition coefficient (Wildman–Crippen LogP) is 3.75. The molecule has 0 N–H and O–H groups in total. The number of furan rings is 1. The molecule has 0 amide bonds. The quantitative estimate of drug-likeness (QED) is 0.456. The highest BCUT2D eigenvalue weighted by molar-refractivity contribution is 7.18. The van der Waals surface area contributed by atoms with E-state index < -0.39 is 5.79 Å². The summed E-state index contributed by atoms with van der Waals surface area (Å²) in [6.07, 6.45) is 1.66. The Morgan fingerprint density at radius 1 is 1.23 bits per heavy atom. The topological polar surface area (TPSA) is 89.5 Å². The number of hydrogen-bond acceptors (Lipinski definition) is 9. The smallest absolute Gasteiger partial charge is 0.294 e. The van der Waals surface area contributed by atoms with E-state index in [1.807, 2.05) is 32.0 Å². The van der Waals surface area contributed by atoms with E-state index >= 15 is 0 Å². The molecule has 0 aliphatic carbocycles. The molecule has 1 aliphatic heterocycles. The lowest BCUT2D eigenvalue weighted by atomic mass is 10.2. The number of aromatic nitrogens is 3. The Balaban J connectivity index is 1.46. The van der Waals surface area contributed by atoms with Crippen LogP contribution in [0.5, 0.6) is 16.7 Å². The molecule has 30 heavy (non-hydrogen) atoms. The zero-order valence-corrected chi connectivity index (χ0v) is 17.8. The molecular weight excluding hydrogens is 410 g/mol. The van der Waals surface area contributed by atoms with Crippen LogP contribution >= 0.6 is 11.3 Å². The first-order chi connectivity index (χ1) is 14.4. The zero-order chi connectivity index (χ0) is 20.9. The normalized spacial score (nSPS) is 18.3. The molecule has 0 radical (unpaired) electrons. The van der Waals surface area contributed by atoms with E-state index in [0.29, 0.717) is 46.9 Å². The largest absolute Gasteiger partial charge is 0.496 e. The molecule has 4 aromatic rings. The number of imidazole rings is 1. The second kappa shape index (κ2) is 7.15. The van der Waals surface area contributed by atoms with Gasteiger partial charge in [0.1, 0.15) is 35.5 Å². The molecule has 0 spiro atoms. The summed E-state index contributed by atoms with van der Waals surface area (Å²) in [5.41, 5.74) is 1.32. The van der Waals surface area contributed by atoms with Gasteiger partial charge in [0.05, 0.1) is 32.4 Å². The molecule has 10 heteroatoms. The van der Waals surface area contributed by atoms with Crippen LogP contribution in [0.15, 0.2) is 28.8 Å². The Morgan fingerprint density at radius 3 is 2.80 bits per heavy atom. The second-order valence-electron chi connectivity index (χ2n) is 7.34. The Kier molecular flexibility index (Phi) is 4.57. The molecule has 1 unspecified atom stereocenters. The van der Waals surface area contributed by atoms with Crippen LogP contribution in [-0.4, -0.2) is 53.9 Å². The molecule has 1 fully saturated rings. The number of ether oxygens (including phenoxy) is 5. The average Bonchev–Trinajstić information content (AvgIpc) is 3.46. The van der Waals surface area contributed by atoms with Crippen LogP contribution in [0, 0.1) is 0 Å². The Hall–Kier alpha value is -2.82. The van der Waals surface area contributed by atoms with Crippen molar-refractivity contribution in [2.75, 3.05) is 27.4 Å². The highest BCUT2D eigenvalue weighted by atomic mass is 32.1. The monoisotopic (exact) mass is 431 g/mol. The number of fused-ring (bicyclic) bond motifs is 2. The van der Waals surface area contributed by atoms with Crippen LogP contribution < -0.4 is 14.2 Å². The van der Waals surface area contributed by atoms with Gasteiger partial charge in [-0.05, 0) is 31.3 Å². The third kappa shape index (κ3) is 3.47. The van der Waals surface area contributed by atoms with E-state index in [9.17, 15) is 0 Å². The molecule has 9 nitrogen and oxygen atoms in total. The lowest BCUT2D eigenvalue weighted by molar-refractivity contribution is -0.141. The van der Waals surface area contributed by atoms with Crippen LogP contribution in [0.25, 0.3) is 27.4 Å². The minimum Gasteiger partial charge on any atom is -0.496 e. The Morgan fingerprint density at radius 2 is 2.10 bits per heavy atom. The molecule has 1 aliphatic rings. The van der Waals surface area contributed by atoms with Gasteiger partial charge in [0.15, 0.2) is 11.5 Å². The summed E-state index contributed by atoms with van der Waals surface area (Å²) in [7, 11) is 3.19. The van der Waals surface area contributed by atoms with E-state index in [1.54, 1.807) is 24.9 Å². The van der Waals surface area contributed by atoms with Gasteiger partial charge >= 0.3 is 0 Å². The van der Waals surface area contributed by atoms with Crippen LogP contribution in [0.1, 0.15) is 13.8 Å². The second-order valence-corrected chi connectivity index (χ2v) is 8.25. The summed E-state index contributed by atoms with van der Waals surface area (Å²) in [5.74, 6) is 1.31. The summed E-state index contributed by atoms with van der Waals surface area (Å²) in [6.45, 7) is 4.62. The van der Waals surface area contributed by atoms with Gasteiger partial charge in [0.2, 0.25) is 4.96 Å². The maximum Gasteiger partial charge on any atom is 0.294 e. The van der Waals surface area contributed by atoms with Gasteiger partial charge in [-0.15, -0.1) is 5.10 Å². The van der Waals surface area contributed by atoms with Gasteiger partial charge in [-0.3, -0.25) is 0 Å². The molecule has 1 atom stereocenters.